The maximum absolute atomic E-state index is 12.9. The van der Waals surface area contributed by atoms with E-state index in [9.17, 15) is 14.4 Å². The minimum Gasteiger partial charge on any atom is -0.338 e. The maximum Gasteiger partial charge on any atom is 0.319 e. The molecule has 2 aliphatic rings. The molecule has 2 N–H and O–H groups in total. The number of carbonyl (C=O) groups excluding carboxylic acids is 3. The van der Waals surface area contributed by atoms with Crippen molar-refractivity contribution in [2.45, 2.75) is 44.6 Å². The molecule has 1 saturated carbocycles. The zero-order valence-corrected chi connectivity index (χ0v) is 17.4. The second-order valence-corrected chi connectivity index (χ2v) is 8.23. The van der Waals surface area contributed by atoms with Crippen molar-refractivity contribution in [3.8, 4) is 0 Å². The van der Waals surface area contributed by atoms with Crippen LogP contribution >= 0.6 is 11.6 Å². The van der Waals surface area contributed by atoms with Gasteiger partial charge < -0.3 is 10.6 Å². The van der Waals surface area contributed by atoms with E-state index in [2.05, 4.69) is 10.6 Å². The minimum absolute atomic E-state index is 0.0163. The standard InChI is InChI=1S/C23H24ClN3O3/c24-16-6-4-5-15(13-16)11-12-25-23(30)26-17-9-10-19-20(14-17)22(29)27(21(19)28)18-7-2-1-3-8-18/h4-6,9-10,13-14,18H,1-3,7-8,11-12H2,(H2,25,26,30). The molecule has 30 heavy (non-hydrogen) atoms. The van der Waals surface area contributed by atoms with Gasteiger partial charge in [-0.25, -0.2) is 4.79 Å². The Bertz CT molecular complexity index is 985. The lowest BCUT2D eigenvalue weighted by Gasteiger charge is -2.29. The van der Waals surface area contributed by atoms with Crippen molar-refractivity contribution in [2.75, 3.05) is 11.9 Å². The van der Waals surface area contributed by atoms with E-state index in [0.717, 1.165) is 37.7 Å². The summed E-state index contributed by atoms with van der Waals surface area (Å²) in [5, 5.41) is 6.20. The predicted molar refractivity (Wildman–Crippen MR) is 116 cm³/mol. The van der Waals surface area contributed by atoms with E-state index >= 15 is 0 Å². The number of fused-ring (bicyclic) bond motifs is 1. The van der Waals surface area contributed by atoms with Crippen molar-refractivity contribution in [1.82, 2.24) is 10.2 Å². The summed E-state index contributed by atoms with van der Waals surface area (Å²) in [6.07, 6.45) is 5.62. The number of benzene rings is 2. The van der Waals surface area contributed by atoms with Crippen LogP contribution in [0, 0.1) is 0 Å². The molecule has 0 unspecified atom stereocenters. The van der Waals surface area contributed by atoms with Crippen LogP contribution in [0.5, 0.6) is 0 Å². The third kappa shape index (κ3) is 4.33. The van der Waals surface area contributed by atoms with Crippen molar-refractivity contribution in [3.05, 3.63) is 64.2 Å². The number of nitrogens with zero attached hydrogens (tertiary/aromatic N) is 1. The van der Waals surface area contributed by atoms with Crippen LogP contribution in [-0.4, -0.2) is 35.3 Å². The molecule has 1 fully saturated rings. The fourth-order valence-electron chi connectivity index (χ4n) is 4.20. The van der Waals surface area contributed by atoms with Gasteiger partial charge in [-0.05, 0) is 55.2 Å². The van der Waals surface area contributed by atoms with Crippen LogP contribution < -0.4 is 10.6 Å². The fourth-order valence-corrected chi connectivity index (χ4v) is 4.41. The number of hydrogen-bond acceptors (Lipinski definition) is 3. The van der Waals surface area contributed by atoms with Crippen LogP contribution in [-0.2, 0) is 6.42 Å². The van der Waals surface area contributed by atoms with Crippen molar-refractivity contribution < 1.29 is 14.4 Å². The summed E-state index contributed by atoms with van der Waals surface area (Å²) in [6.45, 7) is 0.448. The van der Waals surface area contributed by atoms with E-state index in [1.807, 2.05) is 18.2 Å². The van der Waals surface area contributed by atoms with E-state index in [1.165, 1.54) is 4.90 Å². The zero-order chi connectivity index (χ0) is 21.1. The number of rotatable bonds is 5. The summed E-state index contributed by atoms with van der Waals surface area (Å²) in [6, 6.07) is 12.0. The molecule has 2 aromatic rings. The predicted octanol–water partition coefficient (Wildman–Crippen LogP) is 4.63. The van der Waals surface area contributed by atoms with E-state index < -0.39 is 0 Å². The topological polar surface area (TPSA) is 78.5 Å². The van der Waals surface area contributed by atoms with Gasteiger partial charge in [-0.2, -0.15) is 0 Å². The Hall–Kier alpha value is -2.86. The largest absolute Gasteiger partial charge is 0.338 e. The summed E-state index contributed by atoms with van der Waals surface area (Å²) >= 11 is 5.97. The summed E-state index contributed by atoms with van der Waals surface area (Å²) in [5.74, 6) is -0.480. The highest BCUT2D eigenvalue weighted by molar-refractivity contribution is 6.30. The molecular weight excluding hydrogens is 402 g/mol. The lowest BCUT2D eigenvalue weighted by atomic mass is 9.94. The van der Waals surface area contributed by atoms with E-state index in [4.69, 9.17) is 11.6 Å². The van der Waals surface area contributed by atoms with Gasteiger partial charge in [0, 0.05) is 23.3 Å². The molecule has 0 saturated heterocycles. The van der Waals surface area contributed by atoms with E-state index in [1.54, 1.807) is 24.3 Å². The SMILES string of the molecule is O=C(NCCc1cccc(Cl)c1)Nc1ccc2c(c1)C(=O)N(C1CCCCC1)C2=O. The van der Waals surface area contributed by atoms with Gasteiger partial charge in [-0.15, -0.1) is 0 Å². The molecule has 0 radical (unpaired) electrons. The summed E-state index contributed by atoms with van der Waals surface area (Å²) < 4.78 is 0. The number of hydrogen-bond donors (Lipinski definition) is 2. The van der Waals surface area contributed by atoms with Crippen LogP contribution in [0.25, 0.3) is 0 Å². The van der Waals surface area contributed by atoms with Crippen molar-refractivity contribution in [2.24, 2.45) is 0 Å². The first-order chi connectivity index (χ1) is 14.5. The second kappa shape index (κ2) is 8.88. The molecule has 0 aromatic heterocycles. The average Bonchev–Trinajstić information content (AvgIpc) is 2.98. The normalized spacial score (nSPS) is 16.5. The maximum atomic E-state index is 12.9. The van der Waals surface area contributed by atoms with E-state index in [0.29, 0.717) is 34.8 Å². The van der Waals surface area contributed by atoms with Crippen molar-refractivity contribution in [3.63, 3.8) is 0 Å². The highest BCUT2D eigenvalue weighted by Crippen LogP contribution is 2.32. The molecule has 2 aromatic carbocycles. The van der Waals surface area contributed by atoms with Gasteiger partial charge in [0.2, 0.25) is 0 Å². The summed E-state index contributed by atoms with van der Waals surface area (Å²) in [7, 11) is 0. The molecule has 0 spiro atoms. The first-order valence-corrected chi connectivity index (χ1v) is 10.7. The molecule has 0 bridgehead atoms. The van der Waals surface area contributed by atoms with Crippen LogP contribution in [0.3, 0.4) is 0 Å². The Morgan fingerprint density at radius 3 is 2.53 bits per heavy atom. The monoisotopic (exact) mass is 425 g/mol. The minimum atomic E-state index is -0.363. The lowest BCUT2D eigenvalue weighted by Crippen LogP contribution is -2.40. The summed E-state index contributed by atoms with van der Waals surface area (Å²) in [4.78, 5) is 39.2. The second-order valence-electron chi connectivity index (χ2n) is 7.79. The van der Waals surface area contributed by atoms with E-state index in [-0.39, 0.29) is 23.9 Å². The smallest absolute Gasteiger partial charge is 0.319 e. The van der Waals surface area contributed by atoms with Gasteiger partial charge in [0.05, 0.1) is 11.1 Å². The summed E-state index contributed by atoms with van der Waals surface area (Å²) in [5.41, 5.74) is 2.30. The zero-order valence-electron chi connectivity index (χ0n) is 16.6. The first kappa shape index (κ1) is 20.4. The van der Waals surface area contributed by atoms with Gasteiger partial charge in [0.25, 0.3) is 11.8 Å². The Morgan fingerprint density at radius 2 is 1.77 bits per heavy atom. The molecule has 4 amide bonds. The average molecular weight is 426 g/mol. The molecule has 7 heteroatoms. The molecule has 156 valence electrons. The van der Waals surface area contributed by atoms with Gasteiger partial charge in [0.15, 0.2) is 0 Å². The quantitative estimate of drug-likeness (QED) is 0.685. The Balaban J connectivity index is 1.36. The van der Waals surface area contributed by atoms with Crippen LogP contribution in [0.15, 0.2) is 42.5 Å². The van der Waals surface area contributed by atoms with Crippen LogP contribution in [0.2, 0.25) is 5.02 Å². The first-order valence-electron chi connectivity index (χ1n) is 10.3. The number of halogens is 1. The highest BCUT2D eigenvalue weighted by atomic mass is 35.5. The third-order valence-corrected chi connectivity index (χ3v) is 5.94. The van der Waals surface area contributed by atoms with Crippen molar-refractivity contribution >= 4 is 35.1 Å². The van der Waals surface area contributed by atoms with Crippen LogP contribution in [0.4, 0.5) is 10.5 Å². The molecule has 6 nitrogen and oxygen atoms in total. The number of amides is 4. The fraction of sp³-hybridized carbons (Fsp3) is 0.348. The van der Waals surface area contributed by atoms with Gasteiger partial charge in [-0.1, -0.05) is 43.0 Å². The van der Waals surface area contributed by atoms with Crippen LogP contribution in [0.1, 0.15) is 58.4 Å². The van der Waals surface area contributed by atoms with Gasteiger partial charge >= 0.3 is 6.03 Å². The van der Waals surface area contributed by atoms with Gasteiger partial charge in [-0.3, -0.25) is 14.5 Å². The Morgan fingerprint density at radius 1 is 1.00 bits per heavy atom. The molecule has 4 rings (SSSR count). The van der Waals surface area contributed by atoms with Gasteiger partial charge in [0.1, 0.15) is 0 Å². The molecule has 1 aliphatic heterocycles. The third-order valence-electron chi connectivity index (χ3n) is 5.70. The molecule has 1 heterocycles. The van der Waals surface area contributed by atoms with Crippen molar-refractivity contribution in [1.29, 1.82) is 0 Å². The highest BCUT2D eigenvalue weighted by Gasteiger charge is 2.40. The molecular formula is C23H24ClN3O3. The molecule has 1 aliphatic carbocycles. The number of urea groups is 1. The number of nitrogens with one attached hydrogen (secondary N) is 2. The lowest BCUT2D eigenvalue weighted by molar-refractivity contribution is 0.0549. The Kier molecular flexibility index (Phi) is 6.04. The number of anilines is 1. The molecule has 0 atom stereocenters. The number of carbonyl (C=O) groups is 3. The Labute approximate surface area is 180 Å². The number of imide groups is 1.